The summed E-state index contributed by atoms with van der Waals surface area (Å²) in [6.07, 6.45) is 0. The van der Waals surface area contributed by atoms with Crippen molar-refractivity contribution < 1.29 is 28.5 Å². The van der Waals surface area contributed by atoms with E-state index in [2.05, 4.69) is 4.90 Å². The molecule has 0 saturated carbocycles. The minimum Gasteiger partial charge on any atom is -0.507 e. The van der Waals surface area contributed by atoms with Gasteiger partial charge in [0.2, 0.25) is 11.2 Å². The first kappa shape index (κ1) is 23.6. The van der Waals surface area contributed by atoms with Crippen molar-refractivity contribution >= 4 is 11.0 Å². The number of nitrogens with zero attached hydrogens (tertiary/aromatic N) is 1. The van der Waals surface area contributed by atoms with Crippen molar-refractivity contribution in [1.82, 2.24) is 4.90 Å². The average Bonchev–Trinajstić information content (AvgIpc) is 2.80. The Labute approximate surface area is 186 Å². The van der Waals surface area contributed by atoms with Crippen molar-refractivity contribution in [1.29, 1.82) is 0 Å². The van der Waals surface area contributed by atoms with Crippen molar-refractivity contribution in [3.05, 3.63) is 57.9 Å². The molecule has 0 aliphatic rings. The monoisotopic (exact) mass is 443 g/mol. The van der Waals surface area contributed by atoms with Crippen LogP contribution in [0.4, 0.5) is 0 Å². The number of hydrogen-bond donors (Lipinski definition) is 1. The van der Waals surface area contributed by atoms with Crippen LogP contribution in [-0.4, -0.2) is 57.6 Å². The Kier molecular flexibility index (Phi) is 8.10. The second-order valence-electron chi connectivity index (χ2n) is 7.30. The second kappa shape index (κ2) is 11.0. The van der Waals surface area contributed by atoms with Gasteiger partial charge in [-0.1, -0.05) is 0 Å². The van der Waals surface area contributed by atoms with Gasteiger partial charge in [-0.2, -0.15) is 0 Å². The van der Waals surface area contributed by atoms with Gasteiger partial charge in [0.15, 0.2) is 0 Å². The lowest BCUT2D eigenvalue weighted by atomic mass is 10.1. The number of methoxy groups -OCH3 is 3. The summed E-state index contributed by atoms with van der Waals surface area (Å²) in [7, 11) is 4.85. The standard InChI is InChI=1S/C24H29NO7/c1-16-23(32-18-7-5-17(30-4)6-8-18)22(27)19-9-10-21(26)20(24(19)31-16)15-25(11-13-28-2)12-14-29-3/h5-10,26H,11-15H2,1-4H3. The zero-order valence-corrected chi connectivity index (χ0v) is 18.8. The van der Waals surface area contributed by atoms with E-state index in [0.717, 1.165) is 0 Å². The smallest absolute Gasteiger partial charge is 0.235 e. The van der Waals surface area contributed by atoms with E-state index >= 15 is 0 Å². The Hall–Kier alpha value is -3.07. The molecule has 8 heteroatoms. The Bertz CT molecular complexity index is 1080. The molecule has 8 nitrogen and oxygen atoms in total. The first-order valence-electron chi connectivity index (χ1n) is 10.3. The summed E-state index contributed by atoms with van der Waals surface area (Å²) >= 11 is 0. The molecule has 0 aliphatic heterocycles. The van der Waals surface area contributed by atoms with Crippen LogP contribution in [0.3, 0.4) is 0 Å². The SMILES string of the molecule is COCCN(CCOC)Cc1c(O)ccc2c(=O)c(Oc3ccc(OC)cc3)c(C)oc12. The summed E-state index contributed by atoms with van der Waals surface area (Å²) < 4.78 is 27.4. The summed E-state index contributed by atoms with van der Waals surface area (Å²) in [5.41, 5.74) is 0.571. The van der Waals surface area contributed by atoms with Gasteiger partial charge in [0.05, 0.1) is 31.3 Å². The molecule has 0 atom stereocenters. The van der Waals surface area contributed by atoms with Crippen molar-refractivity contribution in [2.45, 2.75) is 13.5 Å². The summed E-state index contributed by atoms with van der Waals surface area (Å²) in [6, 6.07) is 9.98. The highest BCUT2D eigenvalue weighted by Crippen LogP contribution is 2.32. The van der Waals surface area contributed by atoms with E-state index < -0.39 is 0 Å². The van der Waals surface area contributed by atoms with Crippen molar-refractivity contribution in [2.75, 3.05) is 47.6 Å². The fraction of sp³-hybridized carbons (Fsp3) is 0.375. The Balaban J connectivity index is 1.98. The third-order valence-electron chi connectivity index (χ3n) is 5.15. The van der Waals surface area contributed by atoms with Crippen molar-refractivity contribution in [2.24, 2.45) is 0 Å². The van der Waals surface area contributed by atoms with Crippen LogP contribution in [0.2, 0.25) is 0 Å². The highest BCUT2D eigenvalue weighted by molar-refractivity contribution is 5.83. The molecule has 1 aromatic heterocycles. The predicted molar refractivity (Wildman–Crippen MR) is 121 cm³/mol. The Morgan fingerprint density at radius 3 is 2.16 bits per heavy atom. The number of aromatic hydroxyl groups is 1. The van der Waals surface area contributed by atoms with Gasteiger partial charge in [0, 0.05) is 33.9 Å². The highest BCUT2D eigenvalue weighted by atomic mass is 16.5. The number of hydrogen-bond acceptors (Lipinski definition) is 8. The number of aryl methyl sites for hydroxylation is 1. The predicted octanol–water partition coefficient (Wildman–Crippen LogP) is 3.70. The van der Waals surface area contributed by atoms with Gasteiger partial charge in [-0.25, -0.2) is 0 Å². The molecular formula is C24H29NO7. The van der Waals surface area contributed by atoms with E-state index in [1.165, 1.54) is 6.07 Å². The summed E-state index contributed by atoms with van der Waals surface area (Å²) in [5.74, 6) is 1.67. The van der Waals surface area contributed by atoms with Gasteiger partial charge in [-0.05, 0) is 43.3 Å². The van der Waals surface area contributed by atoms with Crippen LogP contribution in [0, 0.1) is 6.92 Å². The van der Waals surface area contributed by atoms with Gasteiger partial charge < -0.3 is 28.5 Å². The zero-order valence-electron chi connectivity index (χ0n) is 18.8. The van der Waals surface area contributed by atoms with Crippen LogP contribution >= 0.6 is 0 Å². The molecule has 32 heavy (non-hydrogen) atoms. The first-order valence-corrected chi connectivity index (χ1v) is 10.3. The zero-order chi connectivity index (χ0) is 23.1. The van der Waals surface area contributed by atoms with E-state index in [0.29, 0.717) is 66.6 Å². The number of benzene rings is 2. The van der Waals surface area contributed by atoms with E-state index in [1.54, 1.807) is 58.6 Å². The normalized spacial score (nSPS) is 11.3. The molecule has 0 unspecified atom stereocenters. The maximum Gasteiger partial charge on any atom is 0.235 e. The van der Waals surface area contributed by atoms with E-state index in [4.69, 9.17) is 23.4 Å². The lowest BCUT2D eigenvalue weighted by molar-refractivity contribution is 0.110. The maximum absolute atomic E-state index is 13.2. The highest BCUT2D eigenvalue weighted by Gasteiger charge is 2.20. The second-order valence-corrected chi connectivity index (χ2v) is 7.30. The quantitative estimate of drug-likeness (QED) is 0.480. The van der Waals surface area contributed by atoms with Gasteiger partial charge >= 0.3 is 0 Å². The van der Waals surface area contributed by atoms with Crippen molar-refractivity contribution in [3.8, 4) is 23.0 Å². The van der Waals surface area contributed by atoms with E-state index in [9.17, 15) is 9.90 Å². The molecule has 3 aromatic rings. The lowest BCUT2D eigenvalue weighted by Crippen LogP contribution is -2.30. The Morgan fingerprint density at radius 2 is 1.56 bits per heavy atom. The number of fused-ring (bicyclic) bond motifs is 1. The molecule has 0 fully saturated rings. The summed E-state index contributed by atoms with van der Waals surface area (Å²) in [4.78, 5) is 15.3. The van der Waals surface area contributed by atoms with Gasteiger partial charge in [-0.3, -0.25) is 9.69 Å². The molecule has 3 rings (SSSR count). The van der Waals surface area contributed by atoms with Crippen LogP contribution in [0.25, 0.3) is 11.0 Å². The van der Waals surface area contributed by atoms with Gasteiger partial charge in [0.25, 0.3) is 0 Å². The number of rotatable bonds is 11. The van der Waals surface area contributed by atoms with Gasteiger partial charge in [0.1, 0.15) is 28.6 Å². The molecular weight excluding hydrogens is 414 g/mol. The fourth-order valence-electron chi connectivity index (χ4n) is 3.36. The van der Waals surface area contributed by atoms with E-state index in [1.807, 2.05) is 0 Å². The van der Waals surface area contributed by atoms with Crippen molar-refractivity contribution in [3.63, 3.8) is 0 Å². The number of phenols is 1. The first-order chi connectivity index (χ1) is 15.5. The summed E-state index contributed by atoms with van der Waals surface area (Å²) in [6.45, 7) is 4.36. The lowest BCUT2D eigenvalue weighted by Gasteiger charge is -2.22. The average molecular weight is 443 g/mol. The Morgan fingerprint density at radius 1 is 0.938 bits per heavy atom. The third kappa shape index (κ3) is 5.40. The van der Waals surface area contributed by atoms with Crippen LogP contribution < -0.4 is 14.9 Å². The molecule has 1 heterocycles. The fourth-order valence-corrected chi connectivity index (χ4v) is 3.36. The van der Waals surface area contributed by atoms with Crippen LogP contribution in [0.15, 0.2) is 45.6 Å². The number of phenolic OH excluding ortho intramolecular Hbond substituents is 1. The third-order valence-corrected chi connectivity index (χ3v) is 5.15. The topological polar surface area (TPSA) is 90.6 Å². The van der Waals surface area contributed by atoms with Crippen LogP contribution in [-0.2, 0) is 16.0 Å². The molecule has 2 aromatic carbocycles. The van der Waals surface area contributed by atoms with Crippen LogP contribution in [0.5, 0.6) is 23.0 Å². The molecule has 0 bridgehead atoms. The molecule has 0 saturated heterocycles. The van der Waals surface area contributed by atoms with E-state index in [-0.39, 0.29) is 16.9 Å². The molecule has 0 amide bonds. The summed E-state index contributed by atoms with van der Waals surface area (Å²) in [5, 5.41) is 10.9. The van der Waals surface area contributed by atoms with Gasteiger partial charge in [-0.15, -0.1) is 0 Å². The molecule has 0 radical (unpaired) electrons. The molecule has 0 aliphatic carbocycles. The molecule has 0 spiro atoms. The maximum atomic E-state index is 13.2. The largest absolute Gasteiger partial charge is 0.507 e. The molecule has 1 N–H and O–H groups in total. The minimum atomic E-state index is -0.304. The molecule has 172 valence electrons. The van der Waals surface area contributed by atoms with Crippen LogP contribution in [0.1, 0.15) is 11.3 Å². The minimum absolute atomic E-state index is 0.0590. The number of ether oxygens (including phenoxy) is 4.